The van der Waals surface area contributed by atoms with Gasteiger partial charge in [-0.05, 0) is 40.8 Å². The van der Waals surface area contributed by atoms with Gasteiger partial charge < -0.3 is 10.4 Å². The average molecular weight is 432 g/mol. The first kappa shape index (κ1) is 20.6. The van der Waals surface area contributed by atoms with Gasteiger partial charge in [-0.15, -0.1) is 0 Å². The van der Waals surface area contributed by atoms with Crippen molar-refractivity contribution < 1.29 is 9.90 Å². The van der Waals surface area contributed by atoms with Gasteiger partial charge in [-0.2, -0.15) is 0 Å². The monoisotopic (exact) mass is 431 g/mol. The number of rotatable bonds is 7. The minimum Gasteiger partial charge on any atom is -0.494 e. The van der Waals surface area contributed by atoms with E-state index < -0.39 is 0 Å². The molecule has 7 heteroatoms. The molecule has 0 saturated carbocycles. The second kappa shape index (κ2) is 9.40. The molecular weight excluding hydrogens is 410 g/mol. The number of nitrogens with zero attached hydrogens (tertiary/aromatic N) is 1. The zero-order valence-electron chi connectivity index (χ0n) is 16.7. The minimum absolute atomic E-state index is 0.0538. The lowest BCUT2D eigenvalue weighted by molar-refractivity contribution is 0.0949. The summed E-state index contributed by atoms with van der Waals surface area (Å²) in [6.45, 7) is 0.529. The van der Waals surface area contributed by atoms with Gasteiger partial charge in [0.2, 0.25) is 5.88 Å². The van der Waals surface area contributed by atoms with Crippen LogP contribution in [-0.4, -0.2) is 27.5 Å². The summed E-state index contributed by atoms with van der Waals surface area (Å²) in [6, 6.07) is 21.5. The largest absolute Gasteiger partial charge is 0.494 e. The van der Waals surface area contributed by atoms with Crippen molar-refractivity contribution in [1.82, 2.24) is 15.3 Å². The zero-order chi connectivity index (χ0) is 21.6. The lowest BCUT2D eigenvalue weighted by Crippen LogP contribution is -2.26. The van der Waals surface area contributed by atoms with Gasteiger partial charge in [0.1, 0.15) is 5.69 Å². The van der Waals surface area contributed by atoms with Crippen molar-refractivity contribution in [3.05, 3.63) is 104 Å². The molecule has 1 amide bonds. The van der Waals surface area contributed by atoms with E-state index in [0.717, 1.165) is 40.0 Å². The van der Waals surface area contributed by atoms with E-state index in [1.165, 1.54) is 0 Å². The van der Waals surface area contributed by atoms with Crippen LogP contribution in [0.2, 0.25) is 0 Å². The molecule has 6 nitrogen and oxygen atoms in total. The molecule has 0 fully saturated rings. The highest BCUT2D eigenvalue weighted by atomic mass is 32.1. The van der Waals surface area contributed by atoms with Gasteiger partial charge in [0.05, 0.1) is 4.88 Å². The molecule has 2 aromatic heterocycles. The fourth-order valence-corrected chi connectivity index (χ4v) is 4.04. The highest BCUT2D eigenvalue weighted by molar-refractivity contribution is 7.09. The second-order valence-corrected chi connectivity index (χ2v) is 8.15. The standard InChI is InChI=1S/C24H21N3O3S/c28-22(20-6-1-2-12-25-20)26-13-11-16-4-3-5-19(14-16)18-9-7-17(8-10-18)15-21-23(29)27-24(30)31-21/h1-10,12,14,29H,11,13,15H2,(H,26,28)(H,27,30). The summed E-state index contributed by atoms with van der Waals surface area (Å²) in [6.07, 6.45) is 2.83. The topological polar surface area (TPSA) is 95.1 Å². The number of pyridine rings is 1. The van der Waals surface area contributed by atoms with Gasteiger partial charge in [-0.25, -0.2) is 0 Å². The van der Waals surface area contributed by atoms with E-state index in [1.807, 2.05) is 36.4 Å². The predicted molar refractivity (Wildman–Crippen MR) is 122 cm³/mol. The third-order valence-corrected chi connectivity index (χ3v) is 5.75. The van der Waals surface area contributed by atoms with Crippen LogP contribution in [0.25, 0.3) is 11.1 Å². The molecule has 2 heterocycles. The number of H-pyrrole nitrogens is 1. The summed E-state index contributed by atoms with van der Waals surface area (Å²) < 4.78 is 0. The molecule has 0 aliphatic heterocycles. The van der Waals surface area contributed by atoms with Crippen LogP contribution in [0.5, 0.6) is 5.88 Å². The van der Waals surface area contributed by atoms with Gasteiger partial charge in [-0.1, -0.05) is 65.9 Å². The highest BCUT2D eigenvalue weighted by Gasteiger charge is 2.08. The number of thiazole rings is 1. The Morgan fingerprint density at radius 1 is 1.00 bits per heavy atom. The molecule has 0 saturated heterocycles. The SMILES string of the molecule is O=C(NCCc1cccc(-c2ccc(Cc3sc(=O)[nH]c3O)cc2)c1)c1ccccn1. The number of aromatic hydroxyl groups is 1. The molecule has 0 atom stereocenters. The Balaban J connectivity index is 1.38. The third-order valence-electron chi connectivity index (χ3n) is 4.88. The fraction of sp³-hybridized carbons (Fsp3) is 0.125. The Hall–Kier alpha value is -3.71. The smallest absolute Gasteiger partial charge is 0.307 e. The summed E-state index contributed by atoms with van der Waals surface area (Å²) in [5.74, 6) is -0.229. The van der Waals surface area contributed by atoms with E-state index >= 15 is 0 Å². The summed E-state index contributed by atoms with van der Waals surface area (Å²) in [4.78, 5) is 30.3. The number of amides is 1. The van der Waals surface area contributed by atoms with E-state index in [9.17, 15) is 14.7 Å². The van der Waals surface area contributed by atoms with E-state index in [-0.39, 0.29) is 16.7 Å². The maximum absolute atomic E-state index is 12.1. The lowest BCUT2D eigenvalue weighted by atomic mass is 10.00. The second-order valence-electron chi connectivity index (χ2n) is 7.08. The van der Waals surface area contributed by atoms with Crippen molar-refractivity contribution in [2.24, 2.45) is 0 Å². The molecule has 0 spiro atoms. The Morgan fingerprint density at radius 3 is 2.55 bits per heavy atom. The molecule has 4 aromatic rings. The van der Waals surface area contributed by atoms with Crippen molar-refractivity contribution in [2.45, 2.75) is 12.8 Å². The van der Waals surface area contributed by atoms with Crippen LogP contribution in [0.3, 0.4) is 0 Å². The Kier molecular flexibility index (Phi) is 6.24. The lowest BCUT2D eigenvalue weighted by Gasteiger charge is -2.08. The molecule has 0 unspecified atom stereocenters. The molecule has 2 aromatic carbocycles. The van der Waals surface area contributed by atoms with E-state index in [2.05, 4.69) is 27.4 Å². The molecule has 0 radical (unpaired) electrons. The summed E-state index contributed by atoms with van der Waals surface area (Å²) >= 11 is 1.02. The van der Waals surface area contributed by atoms with E-state index in [1.54, 1.807) is 24.4 Å². The van der Waals surface area contributed by atoms with Gasteiger partial charge in [-0.3, -0.25) is 19.6 Å². The number of aromatic amines is 1. The van der Waals surface area contributed by atoms with Crippen LogP contribution in [0.4, 0.5) is 0 Å². The third kappa shape index (κ3) is 5.26. The molecule has 0 aliphatic carbocycles. The Bertz CT molecular complexity index is 1230. The fourth-order valence-electron chi connectivity index (χ4n) is 3.29. The van der Waals surface area contributed by atoms with Gasteiger partial charge in [0.15, 0.2) is 0 Å². The van der Waals surface area contributed by atoms with Crippen molar-refractivity contribution in [2.75, 3.05) is 6.54 Å². The van der Waals surface area contributed by atoms with Crippen molar-refractivity contribution in [3.63, 3.8) is 0 Å². The van der Waals surface area contributed by atoms with Crippen molar-refractivity contribution >= 4 is 17.2 Å². The van der Waals surface area contributed by atoms with Gasteiger partial charge in [0, 0.05) is 19.2 Å². The number of hydrogen-bond donors (Lipinski definition) is 3. The number of aromatic nitrogens is 2. The Morgan fingerprint density at radius 2 is 1.84 bits per heavy atom. The summed E-state index contributed by atoms with van der Waals surface area (Å²) in [5, 5.41) is 12.6. The normalized spacial score (nSPS) is 10.7. The van der Waals surface area contributed by atoms with E-state index in [4.69, 9.17) is 0 Å². The Labute approximate surface area is 183 Å². The van der Waals surface area contributed by atoms with Crippen LogP contribution in [-0.2, 0) is 12.8 Å². The first-order chi connectivity index (χ1) is 15.1. The average Bonchev–Trinajstić information content (AvgIpc) is 3.11. The van der Waals surface area contributed by atoms with Crippen molar-refractivity contribution in [3.8, 4) is 17.0 Å². The van der Waals surface area contributed by atoms with Crippen LogP contribution < -0.4 is 10.2 Å². The van der Waals surface area contributed by atoms with Crippen LogP contribution in [0.1, 0.15) is 26.5 Å². The first-order valence-electron chi connectivity index (χ1n) is 9.87. The molecule has 3 N–H and O–H groups in total. The van der Waals surface area contributed by atoms with E-state index in [0.29, 0.717) is 23.5 Å². The summed E-state index contributed by atoms with van der Waals surface area (Å²) in [5.41, 5.74) is 4.73. The molecule has 31 heavy (non-hydrogen) atoms. The highest BCUT2D eigenvalue weighted by Crippen LogP contribution is 2.24. The molecule has 0 bridgehead atoms. The summed E-state index contributed by atoms with van der Waals surface area (Å²) in [7, 11) is 0. The predicted octanol–water partition coefficient (Wildman–Crippen LogP) is 3.77. The van der Waals surface area contributed by atoms with Crippen LogP contribution >= 0.6 is 11.3 Å². The number of hydrogen-bond acceptors (Lipinski definition) is 5. The van der Waals surface area contributed by atoms with Gasteiger partial charge >= 0.3 is 4.87 Å². The van der Waals surface area contributed by atoms with Crippen LogP contribution in [0.15, 0.2) is 77.7 Å². The van der Waals surface area contributed by atoms with Crippen molar-refractivity contribution in [1.29, 1.82) is 0 Å². The number of carbonyl (C=O) groups excluding carboxylic acids is 1. The number of benzene rings is 2. The van der Waals surface area contributed by atoms with Gasteiger partial charge in [0.25, 0.3) is 5.91 Å². The molecule has 4 rings (SSSR count). The quantitative estimate of drug-likeness (QED) is 0.415. The molecule has 156 valence electrons. The maximum Gasteiger partial charge on any atom is 0.307 e. The maximum atomic E-state index is 12.1. The van der Waals surface area contributed by atoms with Crippen LogP contribution in [0, 0.1) is 0 Å². The first-order valence-corrected chi connectivity index (χ1v) is 10.7. The minimum atomic E-state index is -0.253. The molecular formula is C24H21N3O3S. The zero-order valence-corrected chi connectivity index (χ0v) is 17.5. The number of carbonyl (C=O) groups is 1. The number of nitrogens with one attached hydrogen (secondary N) is 2. The molecule has 0 aliphatic rings.